The van der Waals surface area contributed by atoms with Gasteiger partial charge in [-0.2, -0.15) is 4.31 Å². The largest absolute Gasteiger partial charge is 0.302 e. The fraction of sp³-hybridized carbons (Fsp3) is 0.400. The van der Waals surface area contributed by atoms with Crippen LogP contribution in [0.25, 0.3) is 0 Å². The Morgan fingerprint density at radius 3 is 2.30 bits per heavy atom. The van der Waals surface area contributed by atoms with Crippen LogP contribution in [-0.2, 0) is 14.8 Å². The maximum atomic E-state index is 12.5. The molecule has 0 radical (unpaired) electrons. The third kappa shape index (κ3) is 4.58. The minimum Gasteiger partial charge on any atom is -0.302 e. The number of benzene rings is 1. The van der Waals surface area contributed by atoms with E-state index in [0.29, 0.717) is 19.3 Å². The number of aryl methyl sites for hydroxylation is 1. The quantitative estimate of drug-likeness (QED) is 0.574. The second-order valence-electron chi connectivity index (χ2n) is 4.91. The molecule has 20 heavy (non-hydrogen) atoms. The molecule has 0 aliphatic carbocycles. The topological polar surface area (TPSA) is 54.5 Å². The predicted molar refractivity (Wildman–Crippen MR) is 80.0 cm³/mol. The summed E-state index contributed by atoms with van der Waals surface area (Å²) in [7, 11) is -3.61. The summed E-state index contributed by atoms with van der Waals surface area (Å²) < 4.78 is 26.1. The van der Waals surface area contributed by atoms with Gasteiger partial charge in [-0.15, -0.1) is 0 Å². The van der Waals surface area contributed by atoms with E-state index in [4.69, 9.17) is 0 Å². The Balaban J connectivity index is 2.96. The van der Waals surface area contributed by atoms with Crippen LogP contribution in [-0.4, -0.2) is 32.1 Å². The summed E-state index contributed by atoms with van der Waals surface area (Å²) in [4.78, 5) is 10.9. The molecule has 0 amide bonds. The van der Waals surface area contributed by atoms with Gasteiger partial charge in [0, 0.05) is 6.54 Å². The van der Waals surface area contributed by atoms with Crippen LogP contribution >= 0.6 is 0 Å². The molecule has 0 bridgehead atoms. The molecule has 1 aromatic carbocycles. The number of sulfonamides is 1. The van der Waals surface area contributed by atoms with Crippen LogP contribution in [0.15, 0.2) is 40.8 Å². The summed E-state index contributed by atoms with van der Waals surface area (Å²) >= 11 is 0. The van der Waals surface area contributed by atoms with Crippen molar-refractivity contribution >= 4 is 16.3 Å². The average molecular weight is 295 g/mol. The summed E-state index contributed by atoms with van der Waals surface area (Å²) in [6.07, 6.45) is 3.18. The van der Waals surface area contributed by atoms with E-state index < -0.39 is 10.0 Å². The Morgan fingerprint density at radius 2 is 1.80 bits per heavy atom. The zero-order valence-electron chi connectivity index (χ0n) is 12.2. The van der Waals surface area contributed by atoms with Crippen LogP contribution in [0.4, 0.5) is 0 Å². The first kappa shape index (κ1) is 16.6. The number of aldehydes is 1. The highest BCUT2D eigenvalue weighted by molar-refractivity contribution is 7.89. The van der Waals surface area contributed by atoms with Crippen molar-refractivity contribution in [1.29, 1.82) is 0 Å². The SMILES string of the molecule is CC(C)=CCCN(CC=O)S(=O)(=O)c1ccc(C)cc1. The number of hydrogen-bond acceptors (Lipinski definition) is 3. The van der Waals surface area contributed by atoms with Crippen molar-refractivity contribution in [3.8, 4) is 0 Å². The Hall–Kier alpha value is -1.46. The Kier molecular flexibility index (Phi) is 6.10. The van der Waals surface area contributed by atoms with Crippen molar-refractivity contribution in [2.45, 2.75) is 32.1 Å². The molecule has 0 aliphatic rings. The van der Waals surface area contributed by atoms with Gasteiger partial charge in [-0.1, -0.05) is 29.3 Å². The number of rotatable bonds is 7. The van der Waals surface area contributed by atoms with Gasteiger partial charge in [0.15, 0.2) is 0 Å². The Bertz CT molecular complexity index is 570. The van der Waals surface area contributed by atoms with Crippen LogP contribution in [0.1, 0.15) is 25.8 Å². The molecule has 1 aromatic rings. The van der Waals surface area contributed by atoms with Crippen molar-refractivity contribution in [3.63, 3.8) is 0 Å². The lowest BCUT2D eigenvalue weighted by Crippen LogP contribution is -2.33. The van der Waals surface area contributed by atoms with Crippen molar-refractivity contribution in [2.24, 2.45) is 0 Å². The number of carbonyl (C=O) groups excluding carboxylic acids is 1. The molecule has 0 aliphatic heterocycles. The molecule has 0 saturated carbocycles. The van der Waals surface area contributed by atoms with Gasteiger partial charge in [-0.25, -0.2) is 8.42 Å². The first-order chi connectivity index (χ1) is 9.37. The van der Waals surface area contributed by atoms with E-state index in [2.05, 4.69) is 0 Å². The summed E-state index contributed by atoms with van der Waals surface area (Å²) in [5.41, 5.74) is 2.12. The summed E-state index contributed by atoms with van der Waals surface area (Å²) in [5, 5.41) is 0. The van der Waals surface area contributed by atoms with Gasteiger partial charge in [-0.05, 0) is 39.3 Å². The van der Waals surface area contributed by atoms with Gasteiger partial charge in [0.25, 0.3) is 0 Å². The smallest absolute Gasteiger partial charge is 0.243 e. The van der Waals surface area contributed by atoms with Crippen molar-refractivity contribution in [1.82, 2.24) is 4.31 Å². The zero-order valence-corrected chi connectivity index (χ0v) is 13.0. The lowest BCUT2D eigenvalue weighted by atomic mass is 10.2. The zero-order chi connectivity index (χ0) is 15.2. The molecular formula is C15H21NO3S. The lowest BCUT2D eigenvalue weighted by molar-refractivity contribution is -0.108. The maximum Gasteiger partial charge on any atom is 0.243 e. The third-order valence-corrected chi connectivity index (χ3v) is 4.75. The molecule has 1 rings (SSSR count). The normalized spacial score (nSPS) is 11.4. The minimum absolute atomic E-state index is 0.118. The summed E-state index contributed by atoms with van der Waals surface area (Å²) in [6.45, 7) is 6.00. The molecule has 0 unspecified atom stereocenters. The first-order valence-electron chi connectivity index (χ1n) is 6.51. The fourth-order valence-corrected chi connectivity index (χ4v) is 3.13. The fourth-order valence-electron chi connectivity index (χ4n) is 1.75. The second kappa shape index (κ2) is 7.36. The van der Waals surface area contributed by atoms with E-state index in [1.807, 2.05) is 26.8 Å². The van der Waals surface area contributed by atoms with Gasteiger partial charge >= 0.3 is 0 Å². The lowest BCUT2D eigenvalue weighted by Gasteiger charge is -2.19. The predicted octanol–water partition coefficient (Wildman–Crippen LogP) is 2.54. The highest BCUT2D eigenvalue weighted by Crippen LogP contribution is 2.16. The van der Waals surface area contributed by atoms with Crippen LogP contribution in [0.2, 0.25) is 0 Å². The highest BCUT2D eigenvalue weighted by atomic mass is 32.2. The van der Waals surface area contributed by atoms with Crippen molar-refractivity contribution in [3.05, 3.63) is 41.5 Å². The van der Waals surface area contributed by atoms with Gasteiger partial charge in [0.1, 0.15) is 6.29 Å². The van der Waals surface area contributed by atoms with E-state index in [-0.39, 0.29) is 11.4 Å². The number of allylic oxidation sites excluding steroid dienone is 1. The van der Waals surface area contributed by atoms with Crippen LogP contribution < -0.4 is 0 Å². The highest BCUT2D eigenvalue weighted by Gasteiger charge is 2.23. The average Bonchev–Trinajstić information content (AvgIpc) is 2.38. The van der Waals surface area contributed by atoms with Crippen molar-refractivity contribution in [2.75, 3.05) is 13.1 Å². The van der Waals surface area contributed by atoms with Crippen LogP contribution in [0, 0.1) is 6.92 Å². The molecule has 0 aromatic heterocycles. The summed E-state index contributed by atoms with van der Waals surface area (Å²) in [6, 6.07) is 6.65. The minimum atomic E-state index is -3.61. The van der Waals surface area contributed by atoms with E-state index in [9.17, 15) is 13.2 Å². The van der Waals surface area contributed by atoms with E-state index >= 15 is 0 Å². The maximum absolute atomic E-state index is 12.5. The number of nitrogens with zero attached hydrogens (tertiary/aromatic N) is 1. The van der Waals surface area contributed by atoms with Gasteiger partial charge in [0.05, 0.1) is 11.4 Å². The molecular weight excluding hydrogens is 274 g/mol. The first-order valence-corrected chi connectivity index (χ1v) is 7.95. The number of carbonyl (C=O) groups is 1. The molecule has 0 heterocycles. The third-order valence-electron chi connectivity index (χ3n) is 2.87. The van der Waals surface area contributed by atoms with E-state index in [0.717, 1.165) is 11.1 Å². The summed E-state index contributed by atoms with van der Waals surface area (Å²) in [5.74, 6) is 0. The Labute approximate surface area is 121 Å². The van der Waals surface area contributed by atoms with Crippen molar-refractivity contribution < 1.29 is 13.2 Å². The van der Waals surface area contributed by atoms with Gasteiger partial charge in [0.2, 0.25) is 10.0 Å². The van der Waals surface area contributed by atoms with E-state index in [1.54, 1.807) is 24.3 Å². The molecule has 5 heteroatoms. The standard InChI is InChI=1S/C15H21NO3S/c1-13(2)5-4-10-16(11-12-17)20(18,19)15-8-6-14(3)7-9-15/h5-9,12H,4,10-11H2,1-3H3. The molecule has 0 atom stereocenters. The molecule has 4 nitrogen and oxygen atoms in total. The molecule has 0 fully saturated rings. The molecule has 0 N–H and O–H groups in total. The molecule has 0 spiro atoms. The Morgan fingerprint density at radius 1 is 1.20 bits per heavy atom. The molecule has 110 valence electrons. The van der Waals surface area contributed by atoms with E-state index in [1.165, 1.54) is 4.31 Å². The molecule has 0 saturated heterocycles. The van der Waals surface area contributed by atoms with Crippen LogP contribution in [0.3, 0.4) is 0 Å². The van der Waals surface area contributed by atoms with Crippen LogP contribution in [0.5, 0.6) is 0 Å². The number of hydrogen-bond donors (Lipinski definition) is 0. The van der Waals surface area contributed by atoms with Gasteiger partial charge in [-0.3, -0.25) is 0 Å². The monoisotopic (exact) mass is 295 g/mol. The second-order valence-corrected chi connectivity index (χ2v) is 6.85. The van der Waals surface area contributed by atoms with Gasteiger partial charge < -0.3 is 4.79 Å².